The molecule has 0 fully saturated rings. The van der Waals surface area contributed by atoms with Crippen LogP contribution in [0.15, 0.2) is 16.1 Å². The molecule has 0 spiro atoms. The molecule has 2 aromatic heterocycles. The monoisotopic (exact) mass is 282 g/mol. The molecule has 5 nitrogen and oxygen atoms in total. The minimum atomic E-state index is -0.938. The summed E-state index contributed by atoms with van der Waals surface area (Å²) in [5.41, 5.74) is 1.99. The van der Waals surface area contributed by atoms with Crippen LogP contribution >= 0.6 is 22.7 Å². The topological polar surface area (TPSA) is 79.3 Å². The molecule has 0 bridgehead atoms. The molecule has 0 unspecified atom stereocenters. The number of amides is 1. The first-order valence-corrected chi connectivity index (χ1v) is 6.89. The quantitative estimate of drug-likeness (QED) is 0.902. The molecule has 0 aliphatic heterocycles. The predicted octanol–water partition coefficient (Wildman–Crippen LogP) is 2.39. The number of hydrogen-bond acceptors (Lipinski definition) is 5. The van der Waals surface area contributed by atoms with E-state index in [9.17, 15) is 9.59 Å². The van der Waals surface area contributed by atoms with Crippen molar-refractivity contribution in [3.05, 3.63) is 33.0 Å². The summed E-state index contributed by atoms with van der Waals surface area (Å²) in [5, 5.41) is 17.0. The Morgan fingerprint density at radius 1 is 1.39 bits per heavy atom. The average molecular weight is 282 g/mol. The van der Waals surface area contributed by atoms with E-state index in [0.29, 0.717) is 16.4 Å². The Morgan fingerprint density at radius 2 is 2.17 bits per heavy atom. The van der Waals surface area contributed by atoms with Gasteiger partial charge >= 0.3 is 5.97 Å². The highest BCUT2D eigenvalue weighted by Gasteiger charge is 2.12. The minimum Gasteiger partial charge on any atom is -0.481 e. The van der Waals surface area contributed by atoms with E-state index in [4.69, 9.17) is 5.11 Å². The molecule has 0 aromatic carbocycles. The zero-order valence-electron chi connectivity index (χ0n) is 9.47. The molecule has 0 aliphatic carbocycles. The van der Waals surface area contributed by atoms with Crippen molar-refractivity contribution in [1.29, 1.82) is 0 Å². The maximum absolute atomic E-state index is 11.9. The second-order valence-electron chi connectivity index (χ2n) is 3.64. The number of thiazole rings is 1. The van der Waals surface area contributed by atoms with Gasteiger partial charge in [0, 0.05) is 10.8 Å². The number of anilines is 1. The van der Waals surface area contributed by atoms with E-state index in [1.54, 1.807) is 10.8 Å². The number of hydrogen-bond donors (Lipinski definition) is 2. The Morgan fingerprint density at radius 3 is 2.78 bits per heavy atom. The Kier molecular flexibility index (Phi) is 3.73. The molecular weight excluding hydrogens is 272 g/mol. The first-order valence-electron chi connectivity index (χ1n) is 5.06. The van der Waals surface area contributed by atoms with Crippen LogP contribution < -0.4 is 5.32 Å². The highest BCUT2D eigenvalue weighted by molar-refractivity contribution is 7.14. The van der Waals surface area contributed by atoms with E-state index in [1.165, 1.54) is 22.7 Å². The Bertz CT molecular complexity index is 589. The number of aliphatic carboxylic acids is 1. The molecule has 18 heavy (non-hydrogen) atoms. The smallest absolute Gasteiger partial charge is 0.309 e. The molecule has 0 saturated heterocycles. The van der Waals surface area contributed by atoms with E-state index < -0.39 is 5.97 Å². The summed E-state index contributed by atoms with van der Waals surface area (Å²) in [4.78, 5) is 26.4. The van der Waals surface area contributed by atoms with Gasteiger partial charge in [-0.3, -0.25) is 14.9 Å². The average Bonchev–Trinajstić information content (AvgIpc) is 2.87. The summed E-state index contributed by atoms with van der Waals surface area (Å²) in [6.45, 7) is 1.86. The molecule has 0 radical (unpaired) electrons. The number of rotatable bonds is 4. The van der Waals surface area contributed by atoms with Gasteiger partial charge in [0.05, 0.1) is 17.7 Å². The van der Waals surface area contributed by atoms with E-state index in [2.05, 4.69) is 10.3 Å². The number of carbonyl (C=O) groups is 2. The van der Waals surface area contributed by atoms with E-state index in [0.717, 1.165) is 5.56 Å². The van der Waals surface area contributed by atoms with Gasteiger partial charge in [-0.2, -0.15) is 11.3 Å². The molecule has 0 saturated carbocycles. The maximum Gasteiger partial charge on any atom is 0.309 e. The van der Waals surface area contributed by atoms with Gasteiger partial charge < -0.3 is 5.11 Å². The molecule has 2 N–H and O–H groups in total. The molecule has 2 heterocycles. The third kappa shape index (κ3) is 2.93. The van der Waals surface area contributed by atoms with Crippen LogP contribution in [0.4, 0.5) is 5.13 Å². The molecule has 0 atom stereocenters. The number of aryl methyl sites for hydroxylation is 1. The summed E-state index contributed by atoms with van der Waals surface area (Å²) in [6, 6.07) is 0. The highest BCUT2D eigenvalue weighted by Crippen LogP contribution is 2.19. The summed E-state index contributed by atoms with van der Waals surface area (Å²) in [7, 11) is 0. The van der Waals surface area contributed by atoms with Crippen molar-refractivity contribution in [2.45, 2.75) is 13.3 Å². The maximum atomic E-state index is 11.9. The number of thiophene rings is 1. The number of carbonyl (C=O) groups excluding carboxylic acids is 1. The zero-order chi connectivity index (χ0) is 13.1. The second-order valence-corrected chi connectivity index (χ2v) is 5.24. The largest absolute Gasteiger partial charge is 0.481 e. The molecule has 1 amide bonds. The summed E-state index contributed by atoms with van der Waals surface area (Å²) in [6.07, 6.45) is -0.135. The molecule has 0 aliphatic rings. The third-order valence-corrected chi connectivity index (χ3v) is 3.87. The SMILES string of the molecule is Cc1cscc1C(=O)Nc1nc(CC(=O)O)cs1. The van der Waals surface area contributed by atoms with Crippen LogP contribution in [0.25, 0.3) is 0 Å². The molecule has 7 heteroatoms. The van der Waals surface area contributed by atoms with Gasteiger partial charge in [0.15, 0.2) is 5.13 Å². The normalized spacial score (nSPS) is 10.3. The summed E-state index contributed by atoms with van der Waals surface area (Å²) >= 11 is 2.68. The van der Waals surface area contributed by atoms with Crippen LogP contribution in [0.5, 0.6) is 0 Å². The number of carboxylic acid groups (broad SMARTS) is 1. The Balaban J connectivity index is 2.06. The van der Waals surface area contributed by atoms with E-state index in [-0.39, 0.29) is 12.3 Å². The van der Waals surface area contributed by atoms with Crippen LogP contribution in [0.1, 0.15) is 21.6 Å². The van der Waals surface area contributed by atoms with Gasteiger partial charge in [-0.1, -0.05) is 0 Å². The highest BCUT2D eigenvalue weighted by atomic mass is 32.1. The van der Waals surface area contributed by atoms with Crippen molar-refractivity contribution in [3.63, 3.8) is 0 Å². The first-order chi connectivity index (χ1) is 8.56. The van der Waals surface area contributed by atoms with Gasteiger partial charge in [-0.25, -0.2) is 4.98 Å². The summed E-state index contributed by atoms with van der Waals surface area (Å²) in [5.74, 6) is -1.16. The van der Waals surface area contributed by atoms with Crippen LogP contribution in [0, 0.1) is 6.92 Å². The fraction of sp³-hybridized carbons (Fsp3) is 0.182. The van der Waals surface area contributed by atoms with E-state index >= 15 is 0 Å². The van der Waals surface area contributed by atoms with Crippen LogP contribution in [0.2, 0.25) is 0 Å². The van der Waals surface area contributed by atoms with E-state index in [1.807, 2.05) is 12.3 Å². The van der Waals surface area contributed by atoms with Gasteiger partial charge in [0.1, 0.15) is 0 Å². The molecule has 2 rings (SSSR count). The van der Waals surface area contributed by atoms with Crippen LogP contribution in [-0.2, 0) is 11.2 Å². The number of carboxylic acids is 1. The number of nitrogens with zero attached hydrogens (tertiary/aromatic N) is 1. The van der Waals surface area contributed by atoms with Gasteiger partial charge in [-0.05, 0) is 17.9 Å². The van der Waals surface area contributed by atoms with Crippen molar-refractivity contribution in [3.8, 4) is 0 Å². The van der Waals surface area contributed by atoms with Crippen LogP contribution in [-0.4, -0.2) is 22.0 Å². The lowest BCUT2D eigenvalue weighted by atomic mass is 10.2. The number of nitrogens with one attached hydrogen (secondary N) is 1. The second kappa shape index (κ2) is 5.28. The van der Waals surface area contributed by atoms with Crippen molar-refractivity contribution in [2.24, 2.45) is 0 Å². The molecule has 2 aromatic rings. The lowest BCUT2D eigenvalue weighted by Gasteiger charge is -2.00. The van der Waals surface area contributed by atoms with Gasteiger partial charge in [-0.15, -0.1) is 11.3 Å². The standard InChI is InChI=1S/C11H10N2O3S2/c1-6-3-17-5-8(6)10(16)13-11-12-7(4-18-11)2-9(14)15/h3-5H,2H2,1H3,(H,14,15)(H,12,13,16). The van der Waals surface area contributed by atoms with Crippen molar-refractivity contribution in [1.82, 2.24) is 4.98 Å². The lowest BCUT2D eigenvalue weighted by molar-refractivity contribution is -0.136. The van der Waals surface area contributed by atoms with Crippen molar-refractivity contribution < 1.29 is 14.7 Å². The Hall–Kier alpha value is -1.73. The van der Waals surface area contributed by atoms with Crippen LogP contribution in [0.3, 0.4) is 0 Å². The van der Waals surface area contributed by atoms with Gasteiger partial charge in [0.25, 0.3) is 5.91 Å². The molecule has 94 valence electrons. The zero-order valence-corrected chi connectivity index (χ0v) is 11.1. The van der Waals surface area contributed by atoms with Crippen molar-refractivity contribution in [2.75, 3.05) is 5.32 Å². The number of aromatic nitrogens is 1. The Labute approximate surface area is 111 Å². The minimum absolute atomic E-state index is 0.135. The first kappa shape index (κ1) is 12.7. The summed E-state index contributed by atoms with van der Waals surface area (Å²) < 4.78 is 0. The lowest BCUT2D eigenvalue weighted by Crippen LogP contribution is -2.12. The predicted molar refractivity (Wildman–Crippen MR) is 70.5 cm³/mol. The fourth-order valence-electron chi connectivity index (χ4n) is 1.36. The third-order valence-electron chi connectivity index (χ3n) is 2.20. The fourth-order valence-corrected chi connectivity index (χ4v) is 2.89. The molecular formula is C11H10N2O3S2. The van der Waals surface area contributed by atoms with Crippen molar-refractivity contribution >= 4 is 39.7 Å². The van der Waals surface area contributed by atoms with Gasteiger partial charge in [0.2, 0.25) is 0 Å².